The third-order valence-corrected chi connectivity index (χ3v) is 4.45. The van der Waals surface area contributed by atoms with Crippen LogP contribution in [0.3, 0.4) is 0 Å². The van der Waals surface area contributed by atoms with Gasteiger partial charge in [0.25, 0.3) is 0 Å². The Morgan fingerprint density at radius 2 is 2.20 bits per heavy atom. The van der Waals surface area contributed by atoms with Crippen LogP contribution in [0.15, 0.2) is 30.5 Å². The van der Waals surface area contributed by atoms with Crippen molar-refractivity contribution >= 4 is 5.97 Å². The Morgan fingerprint density at radius 3 is 2.88 bits per heavy atom. The average Bonchev–Trinajstić information content (AvgIpc) is 3.11. The molecule has 0 amide bonds. The van der Waals surface area contributed by atoms with Crippen LogP contribution in [0.25, 0.3) is 0 Å². The fourth-order valence-electron chi connectivity index (χ4n) is 3.07. The Morgan fingerprint density at radius 1 is 1.40 bits per heavy atom. The smallest absolute Gasteiger partial charge is 0.335 e. The van der Waals surface area contributed by atoms with Crippen LogP contribution < -0.4 is 4.74 Å². The van der Waals surface area contributed by atoms with Crippen molar-refractivity contribution < 1.29 is 19.7 Å². The van der Waals surface area contributed by atoms with E-state index in [-0.39, 0.29) is 11.7 Å². The van der Waals surface area contributed by atoms with Gasteiger partial charge in [0, 0.05) is 37.9 Å². The lowest BCUT2D eigenvalue weighted by atomic mass is 10.2. The third-order valence-electron chi connectivity index (χ3n) is 4.45. The fourth-order valence-corrected chi connectivity index (χ4v) is 3.07. The van der Waals surface area contributed by atoms with Crippen LogP contribution in [-0.4, -0.2) is 56.2 Å². The molecule has 3 rings (SSSR count). The quantitative estimate of drug-likeness (QED) is 0.826. The zero-order valence-electron chi connectivity index (χ0n) is 14.4. The summed E-state index contributed by atoms with van der Waals surface area (Å²) in [4.78, 5) is 13.2. The summed E-state index contributed by atoms with van der Waals surface area (Å²) >= 11 is 0. The van der Waals surface area contributed by atoms with Crippen LogP contribution in [0, 0.1) is 6.92 Å². The number of hydrogen-bond donors (Lipinski definition) is 2. The number of ether oxygens (including phenoxy) is 1. The number of nitrogens with zero attached hydrogens (tertiary/aromatic N) is 3. The van der Waals surface area contributed by atoms with Crippen molar-refractivity contribution in [2.24, 2.45) is 0 Å². The number of likely N-dealkylation sites (tertiary alicyclic amines) is 1. The van der Waals surface area contributed by atoms with Gasteiger partial charge in [-0.1, -0.05) is 6.07 Å². The van der Waals surface area contributed by atoms with E-state index in [1.807, 2.05) is 24.7 Å². The molecule has 2 aromatic rings. The number of hydrogen-bond acceptors (Lipinski definition) is 5. The van der Waals surface area contributed by atoms with E-state index < -0.39 is 12.1 Å². The van der Waals surface area contributed by atoms with Gasteiger partial charge in [0.05, 0.1) is 11.3 Å². The van der Waals surface area contributed by atoms with Gasteiger partial charge in [0.2, 0.25) is 0 Å². The van der Waals surface area contributed by atoms with Gasteiger partial charge >= 0.3 is 5.97 Å². The molecule has 1 fully saturated rings. The van der Waals surface area contributed by atoms with Crippen molar-refractivity contribution in [2.45, 2.75) is 39.1 Å². The van der Waals surface area contributed by atoms with Crippen molar-refractivity contribution in [1.82, 2.24) is 14.7 Å². The SMILES string of the molecule is CCn1cc(CN2C[C@@H](O)[C@H](Oc3cccc(C(=O)O)c3)C2)c(C)n1. The minimum atomic E-state index is -0.998. The number of aliphatic hydroxyl groups is 1. The first-order valence-electron chi connectivity index (χ1n) is 8.39. The Labute approximate surface area is 146 Å². The van der Waals surface area contributed by atoms with Crippen LogP contribution in [0.5, 0.6) is 5.75 Å². The fraction of sp³-hybridized carbons (Fsp3) is 0.444. The van der Waals surface area contributed by atoms with Gasteiger partial charge in [-0.05, 0) is 32.0 Å². The predicted molar refractivity (Wildman–Crippen MR) is 91.7 cm³/mol. The summed E-state index contributed by atoms with van der Waals surface area (Å²) in [6.45, 7) is 6.66. The van der Waals surface area contributed by atoms with Crippen LogP contribution in [-0.2, 0) is 13.1 Å². The molecule has 1 aliphatic heterocycles. The topological polar surface area (TPSA) is 87.8 Å². The van der Waals surface area contributed by atoms with Crippen LogP contribution in [0.1, 0.15) is 28.5 Å². The van der Waals surface area contributed by atoms with Gasteiger partial charge in [0.1, 0.15) is 18.0 Å². The summed E-state index contributed by atoms with van der Waals surface area (Å²) in [7, 11) is 0. The number of carboxylic acids is 1. The second-order valence-corrected chi connectivity index (χ2v) is 6.35. The molecular formula is C18H23N3O4. The van der Waals surface area contributed by atoms with E-state index in [0.29, 0.717) is 25.4 Å². The summed E-state index contributed by atoms with van der Waals surface area (Å²) in [5.74, 6) is -0.539. The maximum absolute atomic E-state index is 11.0. The molecule has 0 unspecified atom stereocenters. The third kappa shape index (κ3) is 4.00. The lowest BCUT2D eigenvalue weighted by Gasteiger charge is -2.17. The molecule has 134 valence electrons. The zero-order valence-corrected chi connectivity index (χ0v) is 14.4. The minimum Gasteiger partial charge on any atom is -0.486 e. The molecule has 7 nitrogen and oxygen atoms in total. The van der Waals surface area contributed by atoms with Gasteiger partial charge in [0.15, 0.2) is 0 Å². The predicted octanol–water partition coefficient (Wildman–Crippen LogP) is 1.53. The van der Waals surface area contributed by atoms with E-state index in [4.69, 9.17) is 9.84 Å². The number of aliphatic hydroxyl groups excluding tert-OH is 1. The number of β-amino-alcohol motifs (C(OH)–C–C–N with tert-alkyl or cyclic N) is 1. The highest BCUT2D eigenvalue weighted by Gasteiger charge is 2.33. The van der Waals surface area contributed by atoms with E-state index in [0.717, 1.165) is 17.8 Å². The number of benzene rings is 1. The number of aromatic nitrogens is 2. The lowest BCUT2D eigenvalue weighted by Crippen LogP contribution is -2.30. The minimum absolute atomic E-state index is 0.171. The first-order chi connectivity index (χ1) is 12.0. The molecule has 0 spiro atoms. The van der Waals surface area contributed by atoms with Gasteiger partial charge in [-0.3, -0.25) is 9.58 Å². The number of rotatable bonds is 6. The molecule has 0 bridgehead atoms. The standard InChI is InChI=1S/C18H23N3O4/c1-3-21-9-14(12(2)19-21)8-20-10-16(22)17(11-20)25-15-6-4-5-13(7-15)18(23)24/h4-7,9,16-17,22H,3,8,10-11H2,1-2H3,(H,23,24)/t16-,17-/m1/s1. The molecule has 2 N–H and O–H groups in total. The molecule has 1 saturated heterocycles. The second kappa shape index (κ2) is 7.25. The van der Waals surface area contributed by atoms with Crippen molar-refractivity contribution in [3.05, 3.63) is 47.3 Å². The zero-order chi connectivity index (χ0) is 18.0. The summed E-state index contributed by atoms with van der Waals surface area (Å²) in [6, 6.07) is 6.34. The van der Waals surface area contributed by atoms with Gasteiger partial charge in [-0.2, -0.15) is 5.10 Å². The van der Waals surface area contributed by atoms with Crippen molar-refractivity contribution in [1.29, 1.82) is 0 Å². The Bertz CT molecular complexity index is 759. The molecule has 0 aliphatic carbocycles. The normalized spacial score (nSPS) is 20.8. The Hall–Kier alpha value is -2.38. The van der Waals surface area contributed by atoms with Crippen molar-refractivity contribution in [2.75, 3.05) is 13.1 Å². The second-order valence-electron chi connectivity index (χ2n) is 6.35. The monoisotopic (exact) mass is 345 g/mol. The van der Waals surface area contributed by atoms with Crippen molar-refractivity contribution in [3.8, 4) is 5.75 Å². The Kier molecular flexibility index (Phi) is 5.06. The van der Waals surface area contributed by atoms with E-state index in [9.17, 15) is 9.90 Å². The highest BCUT2D eigenvalue weighted by molar-refractivity contribution is 5.88. The van der Waals surface area contributed by atoms with E-state index in [1.165, 1.54) is 12.1 Å². The molecule has 25 heavy (non-hydrogen) atoms. The number of aryl methyl sites for hydroxylation is 2. The highest BCUT2D eigenvalue weighted by Crippen LogP contribution is 2.22. The number of aromatic carboxylic acids is 1. The van der Waals surface area contributed by atoms with Crippen molar-refractivity contribution in [3.63, 3.8) is 0 Å². The first-order valence-corrected chi connectivity index (χ1v) is 8.39. The molecule has 0 saturated carbocycles. The molecule has 2 atom stereocenters. The molecule has 1 aromatic heterocycles. The lowest BCUT2D eigenvalue weighted by molar-refractivity contribution is 0.0688. The molecular weight excluding hydrogens is 322 g/mol. The van der Waals surface area contributed by atoms with Gasteiger partial charge in [-0.15, -0.1) is 0 Å². The summed E-state index contributed by atoms with van der Waals surface area (Å²) in [5.41, 5.74) is 2.31. The summed E-state index contributed by atoms with van der Waals surface area (Å²) < 4.78 is 7.73. The Balaban J connectivity index is 1.64. The van der Waals surface area contributed by atoms with Crippen LogP contribution >= 0.6 is 0 Å². The van der Waals surface area contributed by atoms with Gasteiger partial charge in [-0.25, -0.2) is 4.79 Å². The van der Waals surface area contributed by atoms with Crippen LogP contribution in [0.4, 0.5) is 0 Å². The molecule has 0 radical (unpaired) electrons. The first kappa shape index (κ1) is 17.4. The number of carbonyl (C=O) groups is 1. The maximum atomic E-state index is 11.0. The van der Waals surface area contributed by atoms with Gasteiger partial charge < -0.3 is 14.9 Å². The summed E-state index contributed by atoms with van der Waals surface area (Å²) in [6.07, 6.45) is 1.03. The van der Waals surface area contributed by atoms with E-state index >= 15 is 0 Å². The molecule has 1 aromatic carbocycles. The van der Waals surface area contributed by atoms with E-state index in [1.54, 1.807) is 12.1 Å². The maximum Gasteiger partial charge on any atom is 0.335 e. The number of carboxylic acid groups (broad SMARTS) is 1. The molecule has 1 aliphatic rings. The molecule has 7 heteroatoms. The highest BCUT2D eigenvalue weighted by atomic mass is 16.5. The van der Waals surface area contributed by atoms with Crippen LogP contribution in [0.2, 0.25) is 0 Å². The van der Waals surface area contributed by atoms with E-state index in [2.05, 4.69) is 10.00 Å². The summed E-state index contributed by atoms with van der Waals surface area (Å²) in [5, 5.41) is 23.8. The molecule has 2 heterocycles. The largest absolute Gasteiger partial charge is 0.486 e. The average molecular weight is 345 g/mol.